The molecule has 2 aromatic rings. The maximum absolute atomic E-state index is 6.17. The number of hydrogen-bond donors (Lipinski definition) is 0. The number of halogens is 4. The van der Waals surface area contributed by atoms with Gasteiger partial charge in [-0.05, 0) is 47.2 Å². The van der Waals surface area contributed by atoms with E-state index in [4.69, 9.17) is 23.2 Å². The molecule has 94 valence electrons. The number of hydrogen-bond acceptors (Lipinski definition) is 2. The third-order valence-corrected chi connectivity index (χ3v) is 4.93. The smallest absolute Gasteiger partial charge is 0.162 e. The predicted octanol–water partition coefficient (Wildman–Crippen LogP) is 5.38. The van der Waals surface area contributed by atoms with Crippen molar-refractivity contribution in [2.24, 2.45) is 0 Å². The van der Waals surface area contributed by atoms with Gasteiger partial charge in [-0.25, -0.2) is 9.97 Å². The molecular weight excluding hydrogens is 450 g/mol. The molecule has 0 amide bonds. The van der Waals surface area contributed by atoms with Crippen molar-refractivity contribution in [3.63, 3.8) is 0 Å². The Morgan fingerprint density at radius 3 is 2.67 bits per heavy atom. The third-order valence-electron chi connectivity index (χ3n) is 2.38. The molecular formula is C12H8BrCl2IN2. The van der Waals surface area contributed by atoms with E-state index in [-0.39, 0.29) is 0 Å². The highest BCUT2D eigenvalue weighted by Crippen LogP contribution is 2.31. The van der Waals surface area contributed by atoms with Crippen LogP contribution in [0.15, 0.2) is 22.7 Å². The molecule has 0 aliphatic carbocycles. The van der Waals surface area contributed by atoms with E-state index >= 15 is 0 Å². The zero-order valence-electron chi connectivity index (χ0n) is 9.35. The molecule has 0 atom stereocenters. The Morgan fingerprint density at radius 1 is 1.28 bits per heavy atom. The molecule has 1 heterocycles. The van der Waals surface area contributed by atoms with Gasteiger partial charge in [0.25, 0.3) is 0 Å². The maximum atomic E-state index is 6.17. The van der Waals surface area contributed by atoms with Gasteiger partial charge in [0, 0.05) is 10.0 Å². The lowest BCUT2D eigenvalue weighted by Gasteiger charge is -2.08. The predicted molar refractivity (Wildman–Crippen MR) is 87.3 cm³/mol. The fraction of sp³-hybridized carbons (Fsp3) is 0.167. The van der Waals surface area contributed by atoms with Crippen LogP contribution in [-0.4, -0.2) is 9.97 Å². The van der Waals surface area contributed by atoms with Crippen LogP contribution in [0.4, 0.5) is 0 Å². The highest BCUT2D eigenvalue weighted by molar-refractivity contribution is 14.1. The zero-order chi connectivity index (χ0) is 13.3. The average Bonchev–Trinajstić information content (AvgIpc) is 2.35. The molecule has 2 rings (SSSR count). The highest BCUT2D eigenvalue weighted by Gasteiger charge is 2.13. The Labute approximate surface area is 137 Å². The number of aromatic nitrogens is 2. The van der Waals surface area contributed by atoms with Crippen molar-refractivity contribution < 1.29 is 0 Å². The molecule has 1 aromatic heterocycles. The molecule has 0 N–H and O–H groups in total. The number of aryl methyl sites for hydroxylation is 1. The van der Waals surface area contributed by atoms with Crippen LogP contribution in [0.25, 0.3) is 11.4 Å². The number of nitrogens with zero attached hydrogens (tertiary/aromatic N) is 2. The van der Waals surface area contributed by atoms with E-state index < -0.39 is 0 Å². The van der Waals surface area contributed by atoms with E-state index in [0.29, 0.717) is 16.0 Å². The van der Waals surface area contributed by atoms with E-state index in [1.807, 2.05) is 25.1 Å². The van der Waals surface area contributed by atoms with Crippen LogP contribution in [0, 0.1) is 3.57 Å². The Bertz CT molecular complexity index is 605. The first-order valence-electron chi connectivity index (χ1n) is 5.20. The minimum Gasteiger partial charge on any atom is -0.232 e. The second kappa shape index (κ2) is 6.03. The molecule has 0 fully saturated rings. The topological polar surface area (TPSA) is 25.8 Å². The summed E-state index contributed by atoms with van der Waals surface area (Å²) in [6, 6.07) is 5.57. The average molecular weight is 458 g/mol. The summed E-state index contributed by atoms with van der Waals surface area (Å²) in [6.45, 7) is 2.03. The summed E-state index contributed by atoms with van der Waals surface area (Å²) in [6.07, 6.45) is 0.805. The minimum absolute atomic E-state index is 0.466. The van der Waals surface area contributed by atoms with Crippen LogP contribution in [0.1, 0.15) is 12.6 Å². The van der Waals surface area contributed by atoms with E-state index in [2.05, 4.69) is 48.5 Å². The molecule has 0 aliphatic rings. The Kier molecular flexibility index (Phi) is 4.86. The van der Waals surface area contributed by atoms with E-state index in [1.165, 1.54) is 0 Å². The van der Waals surface area contributed by atoms with Crippen molar-refractivity contribution in [3.05, 3.63) is 42.1 Å². The lowest BCUT2D eigenvalue weighted by atomic mass is 10.2. The van der Waals surface area contributed by atoms with Gasteiger partial charge in [0.1, 0.15) is 5.15 Å². The standard InChI is InChI=1S/C12H8BrCl2IN2/c1-2-9-10(16)11(15)18-12(17-9)7-5-6(13)3-4-8(7)14/h3-5H,2H2,1H3. The Morgan fingerprint density at radius 2 is 2.00 bits per heavy atom. The number of rotatable bonds is 2. The first-order chi connectivity index (χ1) is 8.52. The van der Waals surface area contributed by atoms with Crippen molar-refractivity contribution in [2.75, 3.05) is 0 Å². The van der Waals surface area contributed by atoms with Crippen molar-refractivity contribution >= 4 is 61.7 Å². The van der Waals surface area contributed by atoms with Gasteiger partial charge >= 0.3 is 0 Å². The van der Waals surface area contributed by atoms with Crippen molar-refractivity contribution in [2.45, 2.75) is 13.3 Å². The second-order valence-corrected chi connectivity index (χ2v) is 6.34. The molecule has 6 heteroatoms. The fourth-order valence-corrected chi connectivity index (χ4v) is 2.86. The summed E-state index contributed by atoms with van der Waals surface area (Å²) in [5.74, 6) is 0.559. The lowest BCUT2D eigenvalue weighted by Crippen LogP contribution is -2.00. The quantitative estimate of drug-likeness (QED) is 0.447. The molecule has 0 radical (unpaired) electrons. The molecule has 0 saturated carbocycles. The maximum Gasteiger partial charge on any atom is 0.162 e. The zero-order valence-corrected chi connectivity index (χ0v) is 14.6. The van der Waals surface area contributed by atoms with Gasteiger partial charge in [-0.2, -0.15) is 0 Å². The lowest BCUT2D eigenvalue weighted by molar-refractivity contribution is 0.989. The normalized spacial score (nSPS) is 10.7. The highest BCUT2D eigenvalue weighted by atomic mass is 127. The van der Waals surface area contributed by atoms with Gasteiger partial charge in [-0.15, -0.1) is 0 Å². The van der Waals surface area contributed by atoms with Crippen LogP contribution in [0.3, 0.4) is 0 Å². The number of benzene rings is 1. The van der Waals surface area contributed by atoms with Gasteiger partial charge < -0.3 is 0 Å². The van der Waals surface area contributed by atoms with Gasteiger partial charge in [-0.3, -0.25) is 0 Å². The molecule has 18 heavy (non-hydrogen) atoms. The monoisotopic (exact) mass is 456 g/mol. The van der Waals surface area contributed by atoms with Crippen LogP contribution < -0.4 is 0 Å². The van der Waals surface area contributed by atoms with Crippen LogP contribution in [0.2, 0.25) is 10.2 Å². The van der Waals surface area contributed by atoms with Gasteiger partial charge in [0.05, 0.1) is 14.3 Å². The Balaban J connectivity index is 2.64. The van der Waals surface area contributed by atoms with E-state index in [9.17, 15) is 0 Å². The summed E-state index contributed by atoms with van der Waals surface area (Å²) in [4.78, 5) is 8.81. The van der Waals surface area contributed by atoms with Crippen LogP contribution >= 0.6 is 61.7 Å². The molecule has 0 bridgehead atoms. The van der Waals surface area contributed by atoms with Gasteiger partial charge in [0.2, 0.25) is 0 Å². The first-order valence-corrected chi connectivity index (χ1v) is 7.83. The SMILES string of the molecule is CCc1nc(-c2cc(Br)ccc2Cl)nc(Cl)c1I. The first kappa shape index (κ1) is 14.5. The van der Waals surface area contributed by atoms with Crippen LogP contribution in [0.5, 0.6) is 0 Å². The fourth-order valence-electron chi connectivity index (χ4n) is 1.49. The summed E-state index contributed by atoms with van der Waals surface area (Å²) in [5, 5.41) is 1.08. The molecule has 0 spiro atoms. The van der Waals surface area contributed by atoms with Gasteiger partial charge in [-0.1, -0.05) is 46.1 Å². The van der Waals surface area contributed by atoms with Crippen molar-refractivity contribution in [3.8, 4) is 11.4 Å². The van der Waals surface area contributed by atoms with E-state index in [1.54, 1.807) is 0 Å². The largest absolute Gasteiger partial charge is 0.232 e. The van der Waals surface area contributed by atoms with Crippen molar-refractivity contribution in [1.29, 1.82) is 0 Å². The molecule has 2 nitrogen and oxygen atoms in total. The molecule has 0 saturated heterocycles. The van der Waals surface area contributed by atoms with Gasteiger partial charge in [0.15, 0.2) is 5.82 Å². The van der Waals surface area contributed by atoms with Crippen LogP contribution in [-0.2, 0) is 6.42 Å². The summed E-state index contributed by atoms with van der Waals surface area (Å²) < 4.78 is 1.82. The summed E-state index contributed by atoms with van der Waals surface area (Å²) in [5.41, 5.74) is 1.71. The molecule has 0 aliphatic heterocycles. The summed E-state index contributed by atoms with van der Waals surface area (Å²) in [7, 11) is 0. The molecule has 1 aromatic carbocycles. The minimum atomic E-state index is 0.466. The third kappa shape index (κ3) is 2.98. The van der Waals surface area contributed by atoms with Crippen molar-refractivity contribution in [1.82, 2.24) is 9.97 Å². The van der Waals surface area contributed by atoms with E-state index in [0.717, 1.165) is 25.7 Å². The second-order valence-electron chi connectivity index (χ2n) is 3.58. The molecule has 0 unspecified atom stereocenters. The summed E-state index contributed by atoms with van der Waals surface area (Å²) >= 11 is 17.9. The Hall–Kier alpha value is 0.0900.